The van der Waals surface area contributed by atoms with Gasteiger partial charge in [-0.1, -0.05) is 42.0 Å². The minimum atomic E-state index is -0.365. The molecule has 1 aliphatic heterocycles. The van der Waals surface area contributed by atoms with Crippen LogP contribution in [0.5, 0.6) is 0 Å². The van der Waals surface area contributed by atoms with E-state index in [0.717, 1.165) is 44.1 Å². The molecule has 0 spiro atoms. The van der Waals surface area contributed by atoms with E-state index in [2.05, 4.69) is 41.8 Å². The van der Waals surface area contributed by atoms with Crippen molar-refractivity contribution >= 4 is 0 Å². The summed E-state index contributed by atoms with van der Waals surface area (Å²) in [5.74, 6) is 0. The lowest BCUT2D eigenvalue weighted by molar-refractivity contribution is 0.170. The smallest absolute Gasteiger partial charge is 0.0939 e. The van der Waals surface area contributed by atoms with Gasteiger partial charge in [0.1, 0.15) is 0 Å². The number of allylic oxidation sites excluding steroid dienone is 3. The first-order chi connectivity index (χ1) is 10.2. The maximum absolute atomic E-state index is 10.5. The van der Waals surface area contributed by atoms with E-state index in [0.29, 0.717) is 6.04 Å². The molecule has 0 saturated carbocycles. The third kappa shape index (κ3) is 3.73. The number of hydrogen-bond donors (Lipinski definition) is 3. The van der Waals surface area contributed by atoms with Crippen LogP contribution >= 0.6 is 0 Å². The second kappa shape index (κ2) is 6.73. The Kier molecular flexibility index (Phi) is 4.73. The van der Waals surface area contributed by atoms with Gasteiger partial charge in [-0.2, -0.15) is 0 Å². The van der Waals surface area contributed by atoms with Gasteiger partial charge in [-0.15, -0.1) is 0 Å². The summed E-state index contributed by atoms with van der Waals surface area (Å²) in [5, 5.41) is 14.1. The standard InChI is InChI=1S/C18H26N2O/c19-15-8-6-13(7-9-15)12-16-10-11-17(20-16)18(21)14-4-2-1-3-5-14/h2,4-8,15-18,20-21H,1,3,9-12,19H2. The summed E-state index contributed by atoms with van der Waals surface area (Å²) in [6, 6.07) is 0.854. The Morgan fingerprint density at radius 3 is 2.86 bits per heavy atom. The van der Waals surface area contributed by atoms with Crippen molar-refractivity contribution in [2.75, 3.05) is 0 Å². The van der Waals surface area contributed by atoms with Crippen LogP contribution in [-0.4, -0.2) is 29.3 Å². The average molecular weight is 286 g/mol. The summed E-state index contributed by atoms with van der Waals surface area (Å²) >= 11 is 0. The van der Waals surface area contributed by atoms with Crippen molar-refractivity contribution in [3.8, 4) is 0 Å². The van der Waals surface area contributed by atoms with E-state index in [4.69, 9.17) is 5.73 Å². The Labute approximate surface area is 127 Å². The van der Waals surface area contributed by atoms with Gasteiger partial charge < -0.3 is 16.2 Å². The molecule has 3 aliphatic rings. The highest BCUT2D eigenvalue weighted by molar-refractivity contribution is 5.29. The Morgan fingerprint density at radius 2 is 2.14 bits per heavy atom. The third-order valence-electron chi connectivity index (χ3n) is 4.71. The van der Waals surface area contributed by atoms with Gasteiger partial charge in [-0.3, -0.25) is 0 Å². The SMILES string of the molecule is NC1C=CC(CC2CCC(C(O)C3=CCCC=C3)N2)=CC1. The van der Waals surface area contributed by atoms with E-state index in [1.54, 1.807) is 0 Å². The quantitative estimate of drug-likeness (QED) is 0.743. The van der Waals surface area contributed by atoms with E-state index in [1.165, 1.54) is 5.57 Å². The van der Waals surface area contributed by atoms with Crippen molar-refractivity contribution < 1.29 is 5.11 Å². The highest BCUT2D eigenvalue weighted by Gasteiger charge is 2.30. The molecule has 0 aromatic heterocycles. The lowest BCUT2D eigenvalue weighted by Crippen LogP contribution is -2.39. The maximum Gasteiger partial charge on any atom is 0.0939 e. The fourth-order valence-electron chi connectivity index (χ4n) is 3.46. The van der Waals surface area contributed by atoms with Crippen molar-refractivity contribution in [3.63, 3.8) is 0 Å². The van der Waals surface area contributed by atoms with E-state index in [-0.39, 0.29) is 18.2 Å². The molecule has 2 aliphatic carbocycles. The molecule has 21 heavy (non-hydrogen) atoms. The Balaban J connectivity index is 1.52. The Bertz CT molecular complexity index is 489. The summed E-state index contributed by atoms with van der Waals surface area (Å²) in [5.41, 5.74) is 8.32. The van der Waals surface area contributed by atoms with Gasteiger partial charge in [0.25, 0.3) is 0 Å². The van der Waals surface area contributed by atoms with Crippen LogP contribution in [0, 0.1) is 0 Å². The summed E-state index contributed by atoms with van der Waals surface area (Å²) in [6.45, 7) is 0. The molecule has 4 N–H and O–H groups in total. The first-order valence-electron chi connectivity index (χ1n) is 8.16. The van der Waals surface area contributed by atoms with Crippen molar-refractivity contribution in [1.29, 1.82) is 0 Å². The minimum absolute atomic E-state index is 0.185. The summed E-state index contributed by atoms with van der Waals surface area (Å²) < 4.78 is 0. The lowest BCUT2D eigenvalue weighted by Gasteiger charge is -2.23. The zero-order chi connectivity index (χ0) is 14.7. The molecule has 4 atom stereocenters. The van der Waals surface area contributed by atoms with Gasteiger partial charge in [0.2, 0.25) is 0 Å². The molecule has 0 aromatic carbocycles. The summed E-state index contributed by atoms with van der Waals surface area (Å²) in [6.07, 6.45) is 18.9. The molecular weight excluding hydrogens is 260 g/mol. The molecule has 0 amide bonds. The number of aliphatic hydroxyl groups is 1. The number of aliphatic hydroxyl groups excluding tert-OH is 1. The highest BCUT2D eigenvalue weighted by Crippen LogP contribution is 2.26. The predicted octanol–water partition coefficient (Wildman–Crippen LogP) is 2.35. The minimum Gasteiger partial charge on any atom is -0.387 e. The van der Waals surface area contributed by atoms with Crippen LogP contribution in [0.2, 0.25) is 0 Å². The number of nitrogens with two attached hydrogens (primary N) is 1. The normalized spacial score (nSPS) is 33.7. The molecule has 3 nitrogen and oxygen atoms in total. The fraction of sp³-hybridized carbons (Fsp3) is 0.556. The number of rotatable bonds is 4. The second-order valence-corrected chi connectivity index (χ2v) is 6.42. The highest BCUT2D eigenvalue weighted by atomic mass is 16.3. The van der Waals surface area contributed by atoms with Gasteiger partial charge >= 0.3 is 0 Å². The molecular formula is C18H26N2O. The van der Waals surface area contributed by atoms with Crippen LogP contribution in [0.25, 0.3) is 0 Å². The van der Waals surface area contributed by atoms with E-state index in [9.17, 15) is 5.11 Å². The third-order valence-corrected chi connectivity index (χ3v) is 4.71. The maximum atomic E-state index is 10.5. The first kappa shape index (κ1) is 14.8. The van der Waals surface area contributed by atoms with Crippen molar-refractivity contribution in [1.82, 2.24) is 5.32 Å². The molecule has 3 rings (SSSR count). The molecule has 0 radical (unpaired) electrons. The Hall–Kier alpha value is -1.16. The van der Waals surface area contributed by atoms with Gasteiger partial charge in [0, 0.05) is 18.1 Å². The van der Waals surface area contributed by atoms with Crippen LogP contribution in [-0.2, 0) is 0 Å². The largest absolute Gasteiger partial charge is 0.387 e. The van der Waals surface area contributed by atoms with E-state index >= 15 is 0 Å². The van der Waals surface area contributed by atoms with E-state index < -0.39 is 0 Å². The first-order valence-corrected chi connectivity index (χ1v) is 8.16. The fourth-order valence-corrected chi connectivity index (χ4v) is 3.46. The Morgan fingerprint density at radius 1 is 1.24 bits per heavy atom. The number of hydrogen-bond acceptors (Lipinski definition) is 3. The van der Waals surface area contributed by atoms with Gasteiger partial charge in [0.05, 0.1) is 6.10 Å². The zero-order valence-electron chi connectivity index (χ0n) is 12.5. The van der Waals surface area contributed by atoms with Gasteiger partial charge in [-0.25, -0.2) is 0 Å². The van der Waals surface area contributed by atoms with Crippen molar-refractivity contribution in [3.05, 3.63) is 47.6 Å². The monoisotopic (exact) mass is 286 g/mol. The lowest BCUT2D eigenvalue weighted by atomic mass is 9.96. The molecule has 3 heteroatoms. The molecule has 1 saturated heterocycles. The number of nitrogens with one attached hydrogen (secondary N) is 1. The van der Waals surface area contributed by atoms with Crippen LogP contribution < -0.4 is 11.1 Å². The zero-order valence-corrected chi connectivity index (χ0v) is 12.5. The van der Waals surface area contributed by atoms with Crippen molar-refractivity contribution in [2.24, 2.45) is 5.73 Å². The van der Waals surface area contributed by atoms with Crippen LogP contribution in [0.4, 0.5) is 0 Å². The van der Waals surface area contributed by atoms with E-state index in [1.807, 2.05) is 0 Å². The topological polar surface area (TPSA) is 58.3 Å². The van der Waals surface area contributed by atoms with Gasteiger partial charge in [-0.05, 0) is 44.1 Å². The summed E-state index contributed by atoms with van der Waals surface area (Å²) in [7, 11) is 0. The molecule has 0 bridgehead atoms. The van der Waals surface area contributed by atoms with Crippen LogP contribution in [0.15, 0.2) is 47.6 Å². The second-order valence-electron chi connectivity index (χ2n) is 6.42. The average Bonchev–Trinajstić information content (AvgIpc) is 2.98. The molecule has 114 valence electrons. The predicted molar refractivity (Wildman–Crippen MR) is 86.8 cm³/mol. The molecule has 1 heterocycles. The van der Waals surface area contributed by atoms with Crippen LogP contribution in [0.3, 0.4) is 0 Å². The summed E-state index contributed by atoms with van der Waals surface area (Å²) in [4.78, 5) is 0. The van der Waals surface area contributed by atoms with Gasteiger partial charge in [0.15, 0.2) is 0 Å². The molecule has 1 fully saturated rings. The molecule has 4 unspecified atom stereocenters. The molecule has 0 aromatic rings. The van der Waals surface area contributed by atoms with Crippen molar-refractivity contribution in [2.45, 2.75) is 62.8 Å². The van der Waals surface area contributed by atoms with Crippen LogP contribution in [0.1, 0.15) is 38.5 Å².